The number of hydrogen-bond donors (Lipinski definition) is 2. The van der Waals surface area contributed by atoms with Gasteiger partial charge in [-0.1, -0.05) is 36.4 Å². The minimum Gasteiger partial charge on any atom is -0.445 e. The van der Waals surface area contributed by atoms with Crippen LogP contribution in [0, 0.1) is 0 Å². The molecule has 2 N–H and O–H groups in total. The van der Waals surface area contributed by atoms with Gasteiger partial charge in [-0.15, -0.1) is 0 Å². The molecular weight excluding hydrogens is 245 g/mol. The van der Waals surface area contributed by atoms with Crippen LogP contribution in [0.1, 0.15) is 12.0 Å². The quantitative estimate of drug-likeness (QED) is 0.795. The van der Waals surface area contributed by atoms with Crippen LogP contribution in [0.3, 0.4) is 0 Å². The number of amides is 1. The van der Waals surface area contributed by atoms with E-state index in [0.717, 1.165) is 5.56 Å². The molecule has 0 spiro atoms. The van der Waals surface area contributed by atoms with Gasteiger partial charge < -0.3 is 19.7 Å². The molecule has 100 valence electrons. The molecule has 6 heteroatoms. The third-order valence-electron chi connectivity index (χ3n) is 3.04. The summed E-state index contributed by atoms with van der Waals surface area (Å²) in [5.74, 6) is 0. The van der Waals surface area contributed by atoms with Crippen molar-refractivity contribution in [3.05, 3.63) is 47.4 Å². The molecule has 0 saturated carbocycles. The molecule has 0 radical (unpaired) electrons. The normalized spacial score (nSPS) is 14.8. The average molecular weight is 261 g/mol. The number of nitrogens with zero attached hydrogens (tertiary/aromatic N) is 1. The lowest BCUT2D eigenvalue weighted by Gasteiger charge is -2.25. The van der Waals surface area contributed by atoms with Gasteiger partial charge in [-0.3, -0.25) is 0 Å². The highest BCUT2D eigenvalue weighted by atomic mass is 16.6. The first-order valence-electron chi connectivity index (χ1n) is 6.17. The number of hydrogen-bond acceptors (Lipinski definition) is 4. The summed E-state index contributed by atoms with van der Waals surface area (Å²) in [5.41, 5.74) is 1.49. The molecule has 1 aromatic rings. The highest BCUT2D eigenvalue weighted by molar-refractivity contribution is 6.50. The van der Waals surface area contributed by atoms with Crippen molar-refractivity contribution in [2.24, 2.45) is 0 Å². The second-order valence-corrected chi connectivity index (χ2v) is 4.39. The van der Waals surface area contributed by atoms with Gasteiger partial charge in [0.05, 0.1) is 0 Å². The summed E-state index contributed by atoms with van der Waals surface area (Å²) in [4.78, 5) is 13.3. The Morgan fingerprint density at radius 3 is 2.63 bits per heavy atom. The van der Waals surface area contributed by atoms with Crippen LogP contribution in [0.25, 0.3) is 0 Å². The Bertz CT molecular complexity index is 461. The summed E-state index contributed by atoms with van der Waals surface area (Å²) in [7, 11) is -1.43. The number of carbonyl (C=O) groups excluding carboxylic acids is 1. The second kappa shape index (κ2) is 6.40. The molecule has 1 aromatic carbocycles. The van der Waals surface area contributed by atoms with Crippen LogP contribution in [0.2, 0.25) is 0 Å². The maximum atomic E-state index is 11.8. The van der Waals surface area contributed by atoms with Crippen molar-refractivity contribution < 1.29 is 19.6 Å². The van der Waals surface area contributed by atoms with Crippen LogP contribution in [-0.2, 0) is 11.3 Å². The number of benzene rings is 1. The van der Waals surface area contributed by atoms with E-state index in [4.69, 9.17) is 14.8 Å². The minimum absolute atomic E-state index is 0.245. The lowest BCUT2D eigenvalue weighted by atomic mass is 9.76. The minimum atomic E-state index is -1.43. The predicted octanol–water partition coefficient (Wildman–Crippen LogP) is 0.967. The molecule has 0 atom stereocenters. The zero-order chi connectivity index (χ0) is 13.7. The molecule has 0 saturated heterocycles. The van der Waals surface area contributed by atoms with Crippen molar-refractivity contribution in [2.75, 3.05) is 13.1 Å². The van der Waals surface area contributed by atoms with Crippen LogP contribution in [-0.4, -0.2) is 41.2 Å². The average Bonchev–Trinajstić information content (AvgIpc) is 2.46. The molecule has 1 heterocycles. The monoisotopic (exact) mass is 261 g/mol. The standard InChI is InChI=1S/C13H16BNO4/c16-13(19-10-11-4-2-1-3-5-11)15-8-6-12(7-9-15)14(17)18/h1-6,17-18H,7-10H2. The Balaban J connectivity index is 1.82. The Hall–Kier alpha value is -1.79. The first-order valence-corrected chi connectivity index (χ1v) is 6.17. The fourth-order valence-electron chi connectivity index (χ4n) is 1.90. The van der Waals surface area contributed by atoms with Gasteiger partial charge in [0.15, 0.2) is 0 Å². The molecule has 0 bridgehead atoms. The number of carbonyl (C=O) groups is 1. The molecule has 0 aromatic heterocycles. The number of rotatable bonds is 3. The highest BCUT2D eigenvalue weighted by Crippen LogP contribution is 2.13. The van der Waals surface area contributed by atoms with Crippen LogP contribution in [0.15, 0.2) is 41.9 Å². The van der Waals surface area contributed by atoms with Gasteiger partial charge in [0.1, 0.15) is 6.61 Å². The van der Waals surface area contributed by atoms with Crippen molar-refractivity contribution in [1.29, 1.82) is 0 Å². The van der Waals surface area contributed by atoms with E-state index in [9.17, 15) is 4.79 Å². The largest absolute Gasteiger partial charge is 0.483 e. The predicted molar refractivity (Wildman–Crippen MR) is 71.1 cm³/mol. The summed E-state index contributed by atoms with van der Waals surface area (Å²) in [5, 5.41) is 18.0. The van der Waals surface area contributed by atoms with E-state index in [2.05, 4.69) is 0 Å². The summed E-state index contributed by atoms with van der Waals surface area (Å²) >= 11 is 0. The van der Waals surface area contributed by atoms with E-state index in [-0.39, 0.29) is 12.7 Å². The molecule has 1 aliphatic rings. The Morgan fingerprint density at radius 1 is 1.32 bits per heavy atom. The van der Waals surface area contributed by atoms with E-state index in [1.165, 1.54) is 4.90 Å². The Morgan fingerprint density at radius 2 is 2.05 bits per heavy atom. The Kier molecular flexibility index (Phi) is 4.60. The fraction of sp³-hybridized carbons (Fsp3) is 0.308. The summed E-state index contributed by atoms with van der Waals surface area (Å²) in [6, 6.07) is 9.47. The fourth-order valence-corrected chi connectivity index (χ4v) is 1.90. The number of ether oxygens (including phenoxy) is 1. The molecule has 2 rings (SSSR count). The van der Waals surface area contributed by atoms with E-state index in [1.54, 1.807) is 6.08 Å². The molecule has 0 aliphatic carbocycles. The SMILES string of the molecule is O=C(OCc1ccccc1)N1CC=C(B(O)O)CC1. The van der Waals surface area contributed by atoms with Crippen LogP contribution in [0.4, 0.5) is 4.79 Å². The third-order valence-corrected chi connectivity index (χ3v) is 3.04. The highest BCUT2D eigenvalue weighted by Gasteiger charge is 2.23. The summed E-state index contributed by atoms with van der Waals surface area (Å²) in [6.07, 6.45) is 1.72. The topological polar surface area (TPSA) is 70.0 Å². The van der Waals surface area contributed by atoms with Crippen LogP contribution in [0.5, 0.6) is 0 Å². The first-order chi connectivity index (χ1) is 9.16. The van der Waals surface area contributed by atoms with Gasteiger partial charge in [0.25, 0.3) is 0 Å². The van der Waals surface area contributed by atoms with Gasteiger partial charge in [0.2, 0.25) is 0 Å². The maximum absolute atomic E-state index is 11.8. The molecule has 0 unspecified atom stereocenters. The molecule has 5 nitrogen and oxygen atoms in total. The van der Waals surface area contributed by atoms with Crippen molar-refractivity contribution in [3.63, 3.8) is 0 Å². The molecule has 0 fully saturated rings. The lowest BCUT2D eigenvalue weighted by Crippen LogP contribution is -2.37. The molecule has 1 amide bonds. The second-order valence-electron chi connectivity index (χ2n) is 4.39. The molecular formula is C13H16BNO4. The van der Waals surface area contributed by atoms with Gasteiger partial charge >= 0.3 is 13.2 Å². The van der Waals surface area contributed by atoms with Gasteiger partial charge in [-0.05, 0) is 17.5 Å². The van der Waals surface area contributed by atoms with Crippen molar-refractivity contribution in [1.82, 2.24) is 4.90 Å². The third kappa shape index (κ3) is 3.84. The van der Waals surface area contributed by atoms with Gasteiger partial charge in [0, 0.05) is 13.1 Å². The smallest absolute Gasteiger partial charge is 0.445 e. The van der Waals surface area contributed by atoms with E-state index < -0.39 is 7.12 Å². The van der Waals surface area contributed by atoms with Crippen LogP contribution >= 0.6 is 0 Å². The zero-order valence-corrected chi connectivity index (χ0v) is 10.5. The Labute approximate surface area is 112 Å². The summed E-state index contributed by atoms with van der Waals surface area (Å²) in [6.45, 7) is 1.03. The summed E-state index contributed by atoms with van der Waals surface area (Å²) < 4.78 is 5.20. The lowest BCUT2D eigenvalue weighted by molar-refractivity contribution is 0.0990. The van der Waals surface area contributed by atoms with Crippen molar-refractivity contribution >= 4 is 13.2 Å². The van der Waals surface area contributed by atoms with Gasteiger partial charge in [-0.25, -0.2) is 4.79 Å². The maximum Gasteiger partial charge on any atom is 0.483 e. The molecule has 1 aliphatic heterocycles. The van der Waals surface area contributed by atoms with E-state index >= 15 is 0 Å². The van der Waals surface area contributed by atoms with E-state index in [1.807, 2.05) is 30.3 Å². The first kappa shape index (κ1) is 13.6. The van der Waals surface area contributed by atoms with Crippen LogP contribution < -0.4 is 0 Å². The van der Waals surface area contributed by atoms with Crippen molar-refractivity contribution in [3.8, 4) is 0 Å². The van der Waals surface area contributed by atoms with E-state index in [0.29, 0.717) is 25.0 Å². The molecule has 19 heavy (non-hydrogen) atoms. The zero-order valence-electron chi connectivity index (χ0n) is 10.5. The van der Waals surface area contributed by atoms with Gasteiger partial charge in [-0.2, -0.15) is 0 Å². The van der Waals surface area contributed by atoms with Crippen molar-refractivity contribution in [2.45, 2.75) is 13.0 Å².